The molecule has 0 atom stereocenters. The van der Waals surface area contributed by atoms with E-state index in [0.717, 1.165) is 18.4 Å². The van der Waals surface area contributed by atoms with Crippen LogP contribution in [0.2, 0.25) is 5.02 Å². The minimum Gasteiger partial charge on any atom is -0.451 e. The van der Waals surface area contributed by atoms with Crippen LogP contribution in [0, 0.1) is 0 Å². The molecule has 1 aromatic carbocycles. The first-order valence-electron chi connectivity index (χ1n) is 8.42. The maximum atomic E-state index is 12.5. The number of carbonyl (C=O) groups excluding carboxylic acids is 1. The molecule has 1 amide bonds. The molecular formula is C19H18ClN3O2. The summed E-state index contributed by atoms with van der Waals surface area (Å²) in [7, 11) is 0. The molecular weight excluding hydrogens is 338 g/mol. The van der Waals surface area contributed by atoms with Gasteiger partial charge in [-0.3, -0.25) is 4.79 Å². The summed E-state index contributed by atoms with van der Waals surface area (Å²) in [5.41, 5.74) is 0.763. The summed E-state index contributed by atoms with van der Waals surface area (Å²) in [6.45, 7) is 0. The van der Waals surface area contributed by atoms with Crippen molar-refractivity contribution in [2.45, 2.75) is 31.7 Å². The number of benzene rings is 1. The first-order valence-corrected chi connectivity index (χ1v) is 8.80. The molecule has 0 saturated heterocycles. The van der Waals surface area contributed by atoms with Crippen LogP contribution in [0.5, 0.6) is 0 Å². The van der Waals surface area contributed by atoms with Crippen LogP contribution >= 0.6 is 11.6 Å². The lowest BCUT2D eigenvalue weighted by Gasteiger charge is -2.14. The standard InChI is InChI=1S/C19H18ClN3O2/c20-15-8-4-3-7-14(15)16-9-10-17(25-16)19(24)22-18-11-12-21-23(18)13-5-1-2-6-13/h3-4,7-13H,1-2,5-6H2,(H,22,24). The van der Waals surface area contributed by atoms with E-state index < -0.39 is 0 Å². The molecule has 0 bridgehead atoms. The highest BCUT2D eigenvalue weighted by Gasteiger charge is 2.21. The summed E-state index contributed by atoms with van der Waals surface area (Å²) >= 11 is 6.18. The number of nitrogens with zero attached hydrogens (tertiary/aromatic N) is 2. The Morgan fingerprint density at radius 3 is 2.76 bits per heavy atom. The minimum atomic E-state index is -0.293. The van der Waals surface area contributed by atoms with Crippen molar-refractivity contribution in [3.63, 3.8) is 0 Å². The fourth-order valence-corrected chi connectivity index (χ4v) is 3.53. The first kappa shape index (κ1) is 16.0. The van der Waals surface area contributed by atoms with Gasteiger partial charge in [-0.15, -0.1) is 0 Å². The lowest BCUT2D eigenvalue weighted by Crippen LogP contribution is -2.17. The predicted molar refractivity (Wildman–Crippen MR) is 96.8 cm³/mol. The zero-order valence-electron chi connectivity index (χ0n) is 13.6. The van der Waals surface area contributed by atoms with Crippen LogP contribution in [0.4, 0.5) is 5.82 Å². The van der Waals surface area contributed by atoms with Gasteiger partial charge in [0.05, 0.1) is 17.3 Å². The zero-order chi connectivity index (χ0) is 17.2. The molecule has 0 aliphatic heterocycles. The number of nitrogens with one attached hydrogen (secondary N) is 1. The van der Waals surface area contributed by atoms with E-state index in [0.29, 0.717) is 22.6 Å². The monoisotopic (exact) mass is 355 g/mol. The smallest absolute Gasteiger partial charge is 0.292 e. The number of rotatable bonds is 4. The van der Waals surface area contributed by atoms with E-state index in [-0.39, 0.29) is 11.7 Å². The van der Waals surface area contributed by atoms with Crippen molar-refractivity contribution in [2.24, 2.45) is 0 Å². The van der Waals surface area contributed by atoms with E-state index in [1.807, 2.05) is 28.9 Å². The molecule has 1 aliphatic carbocycles. The van der Waals surface area contributed by atoms with Gasteiger partial charge in [0, 0.05) is 11.6 Å². The van der Waals surface area contributed by atoms with E-state index >= 15 is 0 Å². The third kappa shape index (κ3) is 3.20. The fraction of sp³-hybridized carbons (Fsp3) is 0.263. The summed E-state index contributed by atoms with van der Waals surface area (Å²) in [6, 6.07) is 13.0. The van der Waals surface area contributed by atoms with Crippen molar-refractivity contribution in [3.8, 4) is 11.3 Å². The molecule has 128 valence electrons. The number of halogens is 1. The third-order valence-corrected chi connectivity index (χ3v) is 4.88. The summed E-state index contributed by atoms with van der Waals surface area (Å²) in [5.74, 6) is 1.22. The average Bonchev–Trinajstić information content (AvgIpc) is 3.36. The van der Waals surface area contributed by atoms with Gasteiger partial charge >= 0.3 is 0 Å². The Morgan fingerprint density at radius 2 is 1.96 bits per heavy atom. The Kier molecular flexibility index (Phi) is 4.32. The average molecular weight is 356 g/mol. The number of hydrogen-bond donors (Lipinski definition) is 1. The molecule has 0 spiro atoms. The van der Waals surface area contributed by atoms with Crippen molar-refractivity contribution in [3.05, 3.63) is 59.4 Å². The van der Waals surface area contributed by atoms with Crippen molar-refractivity contribution in [2.75, 3.05) is 5.32 Å². The van der Waals surface area contributed by atoms with Crippen molar-refractivity contribution in [1.82, 2.24) is 9.78 Å². The summed E-state index contributed by atoms with van der Waals surface area (Å²) < 4.78 is 7.61. The predicted octanol–water partition coefficient (Wildman–Crippen LogP) is 5.16. The maximum Gasteiger partial charge on any atom is 0.292 e. The molecule has 1 N–H and O–H groups in total. The largest absolute Gasteiger partial charge is 0.451 e. The Bertz CT molecular complexity index is 893. The molecule has 5 nitrogen and oxygen atoms in total. The molecule has 3 aromatic rings. The quantitative estimate of drug-likeness (QED) is 0.702. The van der Waals surface area contributed by atoms with E-state index in [9.17, 15) is 4.79 Å². The van der Waals surface area contributed by atoms with Gasteiger partial charge in [-0.2, -0.15) is 5.10 Å². The van der Waals surface area contributed by atoms with Gasteiger partial charge < -0.3 is 9.73 Å². The molecule has 1 saturated carbocycles. The van der Waals surface area contributed by atoms with Crippen LogP contribution in [0.25, 0.3) is 11.3 Å². The number of aromatic nitrogens is 2. The molecule has 0 radical (unpaired) electrons. The Hall–Kier alpha value is -2.53. The van der Waals surface area contributed by atoms with Gasteiger partial charge in [-0.25, -0.2) is 4.68 Å². The van der Waals surface area contributed by atoms with Crippen LogP contribution in [-0.2, 0) is 0 Å². The lowest BCUT2D eigenvalue weighted by atomic mass is 10.2. The number of hydrogen-bond acceptors (Lipinski definition) is 3. The van der Waals surface area contributed by atoms with E-state index in [2.05, 4.69) is 10.4 Å². The molecule has 1 aliphatic rings. The molecule has 25 heavy (non-hydrogen) atoms. The SMILES string of the molecule is O=C(Nc1ccnn1C1CCCC1)c1ccc(-c2ccccc2Cl)o1. The van der Waals surface area contributed by atoms with Gasteiger partial charge in [0.1, 0.15) is 11.6 Å². The third-order valence-electron chi connectivity index (χ3n) is 4.55. The summed E-state index contributed by atoms with van der Waals surface area (Å²) in [5, 5.41) is 7.85. The highest BCUT2D eigenvalue weighted by atomic mass is 35.5. The normalized spacial score (nSPS) is 14.8. The highest BCUT2D eigenvalue weighted by Crippen LogP contribution is 2.32. The highest BCUT2D eigenvalue weighted by molar-refractivity contribution is 6.33. The van der Waals surface area contributed by atoms with Gasteiger partial charge in [0.25, 0.3) is 5.91 Å². The molecule has 4 rings (SSSR count). The lowest BCUT2D eigenvalue weighted by molar-refractivity contribution is 0.0996. The second-order valence-corrected chi connectivity index (χ2v) is 6.60. The Labute approximate surface area is 150 Å². The Morgan fingerprint density at radius 1 is 1.16 bits per heavy atom. The molecule has 6 heteroatoms. The second kappa shape index (κ2) is 6.76. The topological polar surface area (TPSA) is 60.1 Å². The van der Waals surface area contributed by atoms with Crippen LogP contribution < -0.4 is 5.32 Å². The van der Waals surface area contributed by atoms with Gasteiger partial charge in [0.15, 0.2) is 5.76 Å². The Balaban J connectivity index is 1.53. The molecule has 0 unspecified atom stereocenters. The van der Waals surface area contributed by atoms with E-state index in [1.165, 1.54) is 12.8 Å². The van der Waals surface area contributed by atoms with Crippen molar-refractivity contribution in [1.29, 1.82) is 0 Å². The van der Waals surface area contributed by atoms with Crippen LogP contribution in [0.1, 0.15) is 42.3 Å². The fourth-order valence-electron chi connectivity index (χ4n) is 3.30. The van der Waals surface area contributed by atoms with Crippen molar-refractivity contribution >= 4 is 23.3 Å². The zero-order valence-corrected chi connectivity index (χ0v) is 14.4. The number of amides is 1. The minimum absolute atomic E-state index is 0.245. The van der Waals surface area contributed by atoms with Crippen LogP contribution in [0.3, 0.4) is 0 Å². The number of anilines is 1. The number of carbonyl (C=O) groups is 1. The molecule has 2 aromatic heterocycles. The van der Waals surface area contributed by atoms with E-state index in [1.54, 1.807) is 24.4 Å². The van der Waals surface area contributed by atoms with Crippen LogP contribution in [-0.4, -0.2) is 15.7 Å². The summed E-state index contributed by atoms with van der Waals surface area (Å²) in [6.07, 6.45) is 6.32. The van der Waals surface area contributed by atoms with Crippen LogP contribution in [0.15, 0.2) is 53.1 Å². The maximum absolute atomic E-state index is 12.5. The van der Waals surface area contributed by atoms with Gasteiger partial charge in [-0.1, -0.05) is 36.6 Å². The first-order chi connectivity index (χ1) is 12.2. The van der Waals surface area contributed by atoms with E-state index in [4.69, 9.17) is 16.0 Å². The summed E-state index contributed by atoms with van der Waals surface area (Å²) in [4.78, 5) is 12.5. The second-order valence-electron chi connectivity index (χ2n) is 6.20. The van der Waals surface area contributed by atoms with Crippen molar-refractivity contribution < 1.29 is 9.21 Å². The molecule has 1 fully saturated rings. The number of furan rings is 1. The van der Waals surface area contributed by atoms with Gasteiger partial charge in [0.2, 0.25) is 0 Å². The van der Waals surface area contributed by atoms with Gasteiger partial charge in [-0.05, 0) is 37.1 Å². The molecule has 2 heterocycles.